The lowest BCUT2D eigenvalue weighted by Crippen LogP contribution is -2.39. The summed E-state index contributed by atoms with van der Waals surface area (Å²) < 4.78 is 0.944. The van der Waals surface area contributed by atoms with Crippen LogP contribution in [0.15, 0.2) is 22.7 Å². The van der Waals surface area contributed by atoms with E-state index in [9.17, 15) is 4.79 Å². The highest BCUT2D eigenvalue weighted by Crippen LogP contribution is 2.26. The van der Waals surface area contributed by atoms with Crippen molar-refractivity contribution in [3.05, 3.63) is 22.7 Å². The standard InChI is InChI=1S/C15H24BrN3O/c1-5-18-12-7-6-11(16)9-13(12)19-15(20)14(17-4)8-10(2)3/h6-7,9-10,14,17-18H,5,8H2,1-4H3,(H,19,20)/t14-/m1/s1. The van der Waals surface area contributed by atoms with Gasteiger partial charge in [0, 0.05) is 11.0 Å². The van der Waals surface area contributed by atoms with E-state index in [1.807, 2.05) is 32.2 Å². The van der Waals surface area contributed by atoms with Gasteiger partial charge in [0.25, 0.3) is 0 Å². The van der Waals surface area contributed by atoms with Crippen molar-refractivity contribution in [2.45, 2.75) is 33.2 Å². The molecule has 1 rings (SSSR count). The van der Waals surface area contributed by atoms with Crippen LogP contribution in [0, 0.1) is 5.92 Å². The van der Waals surface area contributed by atoms with Crippen LogP contribution in [0.25, 0.3) is 0 Å². The predicted molar refractivity (Wildman–Crippen MR) is 89.2 cm³/mol. The van der Waals surface area contributed by atoms with Gasteiger partial charge in [-0.05, 0) is 44.5 Å². The summed E-state index contributed by atoms with van der Waals surface area (Å²) in [4.78, 5) is 12.3. The van der Waals surface area contributed by atoms with Crippen LogP contribution in [0.1, 0.15) is 27.2 Å². The van der Waals surface area contributed by atoms with E-state index in [2.05, 4.69) is 45.7 Å². The Kier molecular flexibility index (Phi) is 7.02. The monoisotopic (exact) mass is 341 g/mol. The highest BCUT2D eigenvalue weighted by atomic mass is 79.9. The van der Waals surface area contributed by atoms with E-state index in [1.165, 1.54) is 0 Å². The van der Waals surface area contributed by atoms with E-state index in [1.54, 1.807) is 0 Å². The molecule has 0 saturated carbocycles. The van der Waals surface area contributed by atoms with Gasteiger partial charge < -0.3 is 16.0 Å². The molecular weight excluding hydrogens is 318 g/mol. The third-order valence-corrected chi connectivity index (χ3v) is 3.47. The van der Waals surface area contributed by atoms with Gasteiger partial charge in [-0.25, -0.2) is 0 Å². The van der Waals surface area contributed by atoms with Crippen molar-refractivity contribution in [2.24, 2.45) is 5.92 Å². The van der Waals surface area contributed by atoms with Gasteiger partial charge in [0.1, 0.15) is 0 Å². The Morgan fingerprint density at radius 3 is 2.55 bits per heavy atom. The fourth-order valence-corrected chi connectivity index (χ4v) is 2.37. The fourth-order valence-electron chi connectivity index (χ4n) is 2.01. The third kappa shape index (κ3) is 5.13. The van der Waals surface area contributed by atoms with E-state index in [0.717, 1.165) is 28.8 Å². The highest BCUT2D eigenvalue weighted by Gasteiger charge is 2.18. The van der Waals surface area contributed by atoms with E-state index < -0.39 is 0 Å². The number of amides is 1. The van der Waals surface area contributed by atoms with Crippen LogP contribution >= 0.6 is 15.9 Å². The number of hydrogen-bond acceptors (Lipinski definition) is 3. The Morgan fingerprint density at radius 1 is 1.30 bits per heavy atom. The summed E-state index contributed by atoms with van der Waals surface area (Å²) in [6, 6.07) is 5.65. The number of carbonyl (C=O) groups excluding carboxylic acids is 1. The van der Waals surface area contributed by atoms with Crippen molar-refractivity contribution in [3.8, 4) is 0 Å². The first-order chi connectivity index (χ1) is 9.47. The van der Waals surface area contributed by atoms with Crippen molar-refractivity contribution >= 4 is 33.2 Å². The summed E-state index contributed by atoms with van der Waals surface area (Å²) in [6.45, 7) is 7.07. The highest BCUT2D eigenvalue weighted by molar-refractivity contribution is 9.10. The van der Waals surface area contributed by atoms with Crippen LogP contribution in [0.3, 0.4) is 0 Å². The second-order valence-electron chi connectivity index (χ2n) is 5.18. The van der Waals surface area contributed by atoms with Gasteiger partial charge in [-0.15, -0.1) is 0 Å². The molecule has 0 radical (unpaired) electrons. The van der Waals surface area contributed by atoms with Crippen LogP contribution in [-0.2, 0) is 4.79 Å². The molecule has 0 heterocycles. The minimum absolute atomic E-state index is 0.00143. The molecule has 0 bridgehead atoms. The lowest BCUT2D eigenvalue weighted by atomic mass is 10.0. The number of rotatable bonds is 7. The Bertz CT molecular complexity index is 449. The number of anilines is 2. The van der Waals surface area contributed by atoms with Crippen molar-refractivity contribution in [3.63, 3.8) is 0 Å². The molecule has 3 N–H and O–H groups in total. The van der Waals surface area contributed by atoms with Crippen molar-refractivity contribution in [1.82, 2.24) is 5.32 Å². The van der Waals surface area contributed by atoms with Crippen LogP contribution < -0.4 is 16.0 Å². The maximum Gasteiger partial charge on any atom is 0.241 e. The van der Waals surface area contributed by atoms with Gasteiger partial charge in [-0.3, -0.25) is 4.79 Å². The first-order valence-corrected chi connectivity index (χ1v) is 7.78. The zero-order valence-corrected chi connectivity index (χ0v) is 14.2. The average molecular weight is 342 g/mol. The van der Waals surface area contributed by atoms with Gasteiger partial charge in [0.05, 0.1) is 17.4 Å². The summed E-state index contributed by atoms with van der Waals surface area (Å²) in [5.74, 6) is 0.465. The molecule has 0 aliphatic rings. The van der Waals surface area contributed by atoms with Crippen molar-refractivity contribution in [1.29, 1.82) is 0 Å². The summed E-state index contributed by atoms with van der Waals surface area (Å²) in [6.07, 6.45) is 0.812. The number of carbonyl (C=O) groups is 1. The molecule has 1 atom stereocenters. The number of halogens is 1. The van der Waals surface area contributed by atoms with E-state index in [4.69, 9.17) is 0 Å². The first-order valence-electron chi connectivity index (χ1n) is 6.99. The summed E-state index contributed by atoms with van der Waals surface area (Å²) in [5.41, 5.74) is 1.73. The summed E-state index contributed by atoms with van der Waals surface area (Å²) >= 11 is 3.44. The predicted octanol–water partition coefficient (Wildman–Crippen LogP) is 3.45. The maximum absolute atomic E-state index is 12.3. The van der Waals surface area contributed by atoms with Crippen LogP contribution in [0.2, 0.25) is 0 Å². The van der Waals surface area contributed by atoms with Gasteiger partial charge in [-0.1, -0.05) is 29.8 Å². The minimum Gasteiger partial charge on any atom is -0.384 e. The van der Waals surface area contributed by atoms with E-state index in [0.29, 0.717) is 5.92 Å². The van der Waals surface area contributed by atoms with Crippen molar-refractivity contribution < 1.29 is 4.79 Å². The number of nitrogens with one attached hydrogen (secondary N) is 3. The number of benzene rings is 1. The third-order valence-electron chi connectivity index (χ3n) is 2.98. The average Bonchev–Trinajstić information content (AvgIpc) is 2.39. The molecule has 0 spiro atoms. The molecule has 20 heavy (non-hydrogen) atoms. The van der Waals surface area contributed by atoms with Crippen LogP contribution in [0.5, 0.6) is 0 Å². The maximum atomic E-state index is 12.3. The quantitative estimate of drug-likeness (QED) is 0.711. The Balaban J connectivity index is 2.85. The van der Waals surface area contributed by atoms with E-state index in [-0.39, 0.29) is 11.9 Å². The lowest BCUT2D eigenvalue weighted by molar-refractivity contribution is -0.118. The minimum atomic E-state index is -0.177. The zero-order chi connectivity index (χ0) is 15.1. The van der Waals surface area contributed by atoms with Crippen LogP contribution in [-0.4, -0.2) is 25.5 Å². The second kappa shape index (κ2) is 8.27. The Labute approximate surface area is 129 Å². The SMILES string of the molecule is CCNc1ccc(Br)cc1NC(=O)[C@@H](CC(C)C)NC. The molecule has 112 valence electrons. The Morgan fingerprint density at radius 2 is 2.00 bits per heavy atom. The molecule has 1 aromatic rings. The molecule has 0 aromatic heterocycles. The fraction of sp³-hybridized carbons (Fsp3) is 0.533. The number of likely N-dealkylation sites (N-methyl/N-ethyl adjacent to an activating group) is 1. The Hall–Kier alpha value is -1.07. The second-order valence-corrected chi connectivity index (χ2v) is 6.10. The molecule has 5 heteroatoms. The summed E-state index contributed by atoms with van der Waals surface area (Å²) in [5, 5.41) is 9.32. The lowest BCUT2D eigenvalue weighted by Gasteiger charge is -2.19. The molecular formula is C15H24BrN3O. The molecule has 0 aliphatic heterocycles. The molecule has 0 aliphatic carbocycles. The van der Waals surface area contributed by atoms with Gasteiger partial charge >= 0.3 is 0 Å². The van der Waals surface area contributed by atoms with E-state index >= 15 is 0 Å². The van der Waals surface area contributed by atoms with Gasteiger partial charge in [-0.2, -0.15) is 0 Å². The van der Waals surface area contributed by atoms with Crippen LogP contribution in [0.4, 0.5) is 11.4 Å². The molecule has 1 aromatic carbocycles. The largest absolute Gasteiger partial charge is 0.384 e. The topological polar surface area (TPSA) is 53.2 Å². The summed E-state index contributed by atoms with van der Waals surface area (Å²) in [7, 11) is 1.82. The molecule has 0 fully saturated rings. The molecule has 4 nitrogen and oxygen atoms in total. The van der Waals surface area contributed by atoms with Gasteiger partial charge in [0.15, 0.2) is 0 Å². The molecule has 0 unspecified atom stereocenters. The number of hydrogen-bond donors (Lipinski definition) is 3. The zero-order valence-electron chi connectivity index (χ0n) is 12.6. The molecule has 1 amide bonds. The normalized spacial score (nSPS) is 12.3. The molecule has 0 saturated heterocycles. The van der Waals surface area contributed by atoms with Gasteiger partial charge in [0.2, 0.25) is 5.91 Å². The first kappa shape index (κ1) is 17.0. The smallest absolute Gasteiger partial charge is 0.241 e. The van der Waals surface area contributed by atoms with Crippen molar-refractivity contribution in [2.75, 3.05) is 24.2 Å².